The third kappa shape index (κ3) is 2.93. The van der Waals surface area contributed by atoms with Crippen LogP contribution in [0.4, 0.5) is 5.13 Å². The molecule has 0 aromatic carbocycles. The second-order valence-electron chi connectivity index (χ2n) is 3.48. The molecular weight excluding hydrogens is 262 g/mol. The zero-order chi connectivity index (χ0) is 9.80. The van der Waals surface area contributed by atoms with Crippen LogP contribution >= 0.6 is 27.3 Å². The summed E-state index contributed by atoms with van der Waals surface area (Å²) in [6.45, 7) is 2.20. The van der Waals surface area contributed by atoms with E-state index in [4.69, 9.17) is 0 Å². The normalized spacial score (nSPS) is 21.4. The summed E-state index contributed by atoms with van der Waals surface area (Å²) >= 11 is 4.98. The molecule has 2 heterocycles. The van der Waals surface area contributed by atoms with Gasteiger partial charge in [0.25, 0.3) is 0 Å². The van der Waals surface area contributed by atoms with Gasteiger partial charge in [0.05, 0.1) is 0 Å². The molecule has 1 aliphatic rings. The molecule has 0 saturated carbocycles. The van der Waals surface area contributed by atoms with Crippen molar-refractivity contribution in [3.63, 3.8) is 0 Å². The van der Waals surface area contributed by atoms with E-state index in [1.807, 2.05) is 5.38 Å². The van der Waals surface area contributed by atoms with Gasteiger partial charge in [-0.15, -0.1) is 11.3 Å². The minimum absolute atomic E-state index is 0.714. The van der Waals surface area contributed by atoms with Crippen molar-refractivity contribution in [1.29, 1.82) is 0 Å². The van der Waals surface area contributed by atoms with Gasteiger partial charge in [0, 0.05) is 18.0 Å². The van der Waals surface area contributed by atoms with E-state index < -0.39 is 0 Å². The van der Waals surface area contributed by atoms with Crippen molar-refractivity contribution in [3.8, 4) is 0 Å². The largest absolute Gasteiger partial charge is 0.361 e. The number of rotatable bonds is 4. The highest BCUT2D eigenvalue weighted by atomic mass is 79.9. The molecule has 0 radical (unpaired) electrons. The van der Waals surface area contributed by atoms with Gasteiger partial charge < -0.3 is 10.6 Å². The first kappa shape index (κ1) is 10.4. The zero-order valence-electron chi connectivity index (χ0n) is 7.92. The molecule has 1 aromatic heterocycles. The maximum Gasteiger partial charge on any atom is 0.183 e. The first-order chi connectivity index (χ1) is 6.84. The van der Waals surface area contributed by atoms with Crippen LogP contribution in [0.15, 0.2) is 9.98 Å². The maximum atomic E-state index is 4.28. The number of halogens is 1. The Hall–Kier alpha value is -0.130. The van der Waals surface area contributed by atoms with Crippen LogP contribution in [0.2, 0.25) is 0 Å². The van der Waals surface area contributed by atoms with Gasteiger partial charge in [0.1, 0.15) is 4.60 Å². The van der Waals surface area contributed by atoms with Crippen molar-refractivity contribution in [3.05, 3.63) is 9.98 Å². The summed E-state index contributed by atoms with van der Waals surface area (Å²) in [5.74, 6) is 0. The van der Waals surface area contributed by atoms with Crippen molar-refractivity contribution in [1.82, 2.24) is 10.3 Å². The Bertz CT molecular complexity index is 283. The second-order valence-corrected chi connectivity index (χ2v) is 5.15. The monoisotopic (exact) mass is 275 g/mol. The predicted octanol–water partition coefficient (Wildman–Crippen LogP) is 2.46. The number of hydrogen-bond donors (Lipinski definition) is 2. The Balaban J connectivity index is 1.67. The van der Waals surface area contributed by atoms with Gasteiger partial charge in [-0.1, -0.05) is 0 Å². The number of nitrogens with zero attached hydrogens (tertiary/aromatic N) is 1. The lowest BCUT2D eigenvalue weighted by Gasteiger charge is -2.09. The van der Waals surface area contributed by atoms with E-state index in [9.17, 15) is 0 Å². The van der Waals surface area contributed by atoms with E-state index in [2.05, 4.69) is 31.5 Å². The molecule has 1 fully saturated rings. The molecule has 0 amide bonds. The Morgan fingerprint density at radius 1 is 1.71 bits per heavy atom. The third-order valence-electron chi connectivity index (χ3n) is 2.41. The standard InChI is InChI=1S/C9H14BrN3S/c10-8-6-14-9(13-8)12-5-3-7-2-1-4-11-7/h6-7,11H,1-5H2,(H,12,13)/t7-/m1/s1. The molecule has 2 rings (SSSR count). The summed E-state index contributed by atoms with van der Waals surface area (Å²) in [6, 6.07) is 0.714. The van der Waals surface area contributed by atoms with Gasteiger partial charge in [0.15, 0.2) is 5.13 Å². The van der Waals surface area contributed by atoms with Crippen LogP contribution < -0.4 is 10.6 Å². The Morgan fingerprint density at radius 2 is 2.64 bits per heavy atom. The highest BCUT2D eigenvalue weighted by Gasteiger charge is 2.12. The molecule has 2 N–H and O–H groups in total. The maximum absolute atomic E-state index is 4.28. The van der Waals surface area contributed by atoms with E-state index in [0.29, 0.717) is 6.04 Å². The van der Waals surface area contributed by atoms with Crippen LogP contribution in [0.5, 0.6) is 0 Å². The lowest BCUT2D eigenvalue weighted by molar-refractivity contribution is 0.574. The Kier molecular flexibility index (Phi) is 3.78. The van der Waals surface area contributed by atoms with Crippen LogP contribution in [0.3, 0.4) is 0 Å². The smallest absolute Gasteiger partial charge is 0.183 e. The average molecular weight is 276 g/mol. The molecule has 0 unspecified atom stereocenters. The predicted molar refractivity (Wildman–Crippen MR) is 63.9 cm³/mol. The van der Waals surface area contributed by atoms with Crippen LogP contribution in [-0.2, 0) is 0 Å². The molecule has 78 valence electrons. The lowest BCUT2D eigenvalue weighted by atomic mass is 10.2. The summed E-state index contributed by atoms with van der Waals surface area (Å²) in [6.07, 6.45) is 3.84. The molecule has 0 aliphatic carbocycles. The fourth-order valence-electron chi connectivity index (χ4n) is 1.69. The summed E-state index contributed by atoms with van der Waals surface area (Å²) in [7, 11) is 0. The molecule has 1 saturated heterocycles. The Labute approximate surface area is 96.4 Å². The fraction of sp³-hybridized carbons (Fsp3) is 0.667. The summed E-state index contributed by atoms with van der Waals surface area (Å²) in [5, 5.41) is 9.82. The third-order valence-corrected chi connectivity index (χ3v) is 3.92. The first-order valence-corrected chi connectivity index (χ1v) is 6.60. The van der Waals surface area contributed by atoms with E-state index in [1.165, 1.54) is 25.8 Å². The lowest BCUT2D eigenvalue weighted by Crippen LogP contribution is -2.23. The molecule has 1 atom stereocenters. The van der Waals surface area contributed by atoms with Gasteiger partial charge in [-0.3, -0.25) is 0 Å². The minimum atomic E-state index is 0.714. The number of aromatic nitrogens is 1. The average Bonchev–Trinajstić information content (AvgIpc) is 2.77. The Morgan fingerprint density at radius 3 is 3.29 bits per heavy atom. The quantitative estimate of drug-likeness (QED) is 0.887. The number of thiazole rings is 1. The summed E-state index contributed by atoms with van der Waals surface area (Å²) < 4.78 is 0.920. The van der Waals surface area contributed by atoms with Crippen LogP contribution in [-0.4, -0.2) is 24.1 Å². The van der Waals surface area contributed by atoms with Gasteiger partial charge in [0.2, 0.25) is 0 Å². The van der Waals surface area contributed by atoms with Gasteiger partial charge >= 0.3 is 0 Å². The highest BCUT2D eigenvalue weighted by molar-refractivity contribution is 9.10. The van der Waals surface area contributed by atoms with Crippen molar-refractivity contribution in [2.24, 2.45) is 0 Å². The van der Waals surface area contributed by atoms with Crippen molar-refractivity contribution < 1.29 is 0 Å². The summed E-state index contributed by atoms with van der Waals surface area (Å²) in [5.41, 5.74) is 0. The van der Waals surface area contributed by atoms with Crippen LogP contribution in [0.25, 0.3) is 0 Å². The topological polar surface area (TPSA) is 37.0 Å². The minimum Gasteiger partial charge on any atom is -0.361 e. The molecule has 0 spiro atoms. The van der Waals surface area contributed by atoms with Gasteiger partial charge in [-0.2, -0.15) is 0 Å². The number of hydrogen-bond acceptors (Lipinski definition) is 4. The zero-order valence-corrected chi connectivity index (χ0v) is 10.3. The molecular formula is C9H14BrN3S. The number of anilines is 1. The van der Waals surface area contributed by atoms with E-state index in [0.717, 1.165) is 16.3 Å². The van der Waals surface area contributed by atoms with Gasteiger partial charge in [-0.25, -0.2) is 4.98 Å². The molecule has 3 nitrogen and oxygen atoms in total. The highest BCUT2D eigenvalue weighted by Crippen LogP contribution is 2.19. The SMILES string of the molecule is Brc1csc(NCC[C@H]2CCCN2)n1. The van der Waals surface area contributed by atoms with Crippen LogP contribution in [0.1, 0.15) is 19.3 Å². The fourth-order valence-corrected chi connectivity index (χ4v) is 2.86. The van der Waals surface area contributed by atoms with E-state index in [1.54, 1.807) is 11.3 Å². The molecule has 1 aliphatic heterocycles. The van der Waals surface area contributed by atoms with E-state index >= 15 is 0 Å². The second kappa shape index (κ2) is 5.09. The van der Waals surface area contributed by atoms with E-state index in [-0.39, 0.29) is 0 Å². The van der Waals surface area contributed by atoms with Gasteiger partial charge in [-0.05, 0) is 41.7 Å². The first-order valence-electron chi connectivity index (χ1n) is 4.93. The van der Waals surface area contributed by atoms with Crippen molar-refractivity contribution in [2.75, 3.05) is 18.4 Å². The molecule has 0 bridgehead atoms. The molecule has 5 heteroatoms. The van der Waals surface area contributed by atoms with Crippen LogP contribution in [0, 0.1) is 0 Å². The summed E-state index contributed by atoms with van der Waals surface area (Å²) in [4.78, 5) is 4.28. The number of nitrogens with one attached hydrogen (secondary N) is 2. The molecule has 14 heavy (non-hydrogen) atoms. The van der Waals surface area contributed by atoms with Crippen molar-refractivity contribution in [2.45, 2.75) is 25.3 Å². The van der Waals surface area contributed by atoms with Crippen molar-refractivity contribution >= 4 is 32.4 Å². The molecule has 1 aromatic rings.